The van der Waals surface area contributed by atoms with Gasteiger partial charge in [0.1, 0.15) is 24.1 Å². The van der Waals surface area contributed by atoms with Crippen molar-refractivity contribution in [2.24, 2.45) is 0 Å². The van der Waals surface area contributed by atoms with Crippen LogP contribution in [0.2, 0.25) is 5.02 Å². The van der Waals surface area contributed by atoms with Crippen LogP contribution in [0, 0.1) is 11.6 Å². The van der Waals surface area contributed by atoms with Crippen LogP contribution >= 0.6 is 11.6 Å². The molecular formula is C24H24ClF2N5O2. The van der Waals surface area contributed by atoms with Gasteiger partial charge in [-0.1, -0.05) is 11.6 Å². The van der Waals surface area contributed by atoms with Gasteiger partial charge in [0.2, 0.25) is 0 Å². The average molecular weight is 488 g/mol. The molecule has 2 saturated heterocycles. The molecule has 0 saturated carbocycles. The Kier molecular flexibility index (Phi) is 7.54. The van der Waals surface area contributed by atoms with Crippen molar-refractivity contribution >= 4 is 29.2 Å². The maximum atomic E-state index is 13.4. The number of anilines is 2. The van der Waals surface area contributed by atoms with Crippen molar-refractivity contribution in [3.05, 3.63) is 83.3 Å². The molecule has 1 aromatic heterocycles. The predicted octanol–water partition coefficient (Wildman–Crippen LogP) is 4.54. The van der Waals surface area contributed by atoms with E-state index in [9.17, 15) is 13.6 Å². The summed E-state index contributed by atoms with van der Waals surface area (Å²) in [6.45, 7) is 4.35. The van der Waals surface area contributed by atoms with Crippen LogP contribution in [-0.2, 0) is 4.74 Å². The maximum Gasteiger partial charge on any atom is 0.415 e. The van der Waals surface area contributed by atoms with Crippen LogP contribution in [0.4, 0.5) is 25.1 Å². The highest BCUT2D eigenvalue weighted by atomic mass is 35.5. The van der Waals surface area contributed by atoms with E-state index in [0.29, 0.717) is 16.3 Å². The van der Waals surface area contributed by atoms with E-state index >= 15 is 0 Å². The predicted molar refractivity (Wildman–Crippen MR) is 126 cm³/mol. The summed E-state index contributed by atoms with van der Waals surface area (Å²) >= 11 is 5.82. The first-order valence-corrected chi connectivity index (χ1v) is 11.2. The van der Waals surface area contributed by atoms with Crippen LogP contribution in [0.1, 0.15) is 11.6 Å². The van der Waals surface area contributed by atoms with Gasteiger partial charge < -0.3 is 14.5 Å². The number of aromatic nitrogens is 2. The van der Waals surface area contributed by atoms with Crippen LogP contribution < -0.4 is 9.80 Å². The lowest BCUT2D eigenvalue weighted by Gasteiger charge is -2.32. The number of cyclic esters (lactones) is 1. The molecule has 2 aromatic carbocycles. The Hall–Kier alpha value is -3.30. The minimum atomic E-state index is -0.694. The second-order valence-electron chi connectivity index (χ2n) is 8.00. The molecule has 178 valence electrons. The minimum Gasteiger partial charge on any atom is -0.447 e. The zero-order chi connectivity index (χ0) is 24.1. The number of piperazine rings is 1. The molecule has 0 bridgehead atoms. The van der Waals surface area contributed by atoms with Crippen molar-refractivity contribution < 1.29 is 18.3 Å². The van der Waals surface area contributed by atoms with E-state index in [-0.39, 0.29) is 6.61 Å². The fourth-order valence-corrected chi connectivity index (χ4v) is 3.94. The number of rotatable bonds is 3. The first-order valence-electron chi connectivity index (χ1n) is 10.8. The third kappa shape index (κ3) is 5.78. The molecule has 0 N–H and O–H groups in total. The number of amides is 1. The summed E-state index contributed by atoms with van der Waals surface area (Å²) in [5, 5.41) is 0.527. The van der Waals surface area contributed by atoms with Crippen molar-refractivity contribution in [3.63, 3.8) is 0 Å². The first-order chi connectivity index (χ1) is 16.4. The average Bonchev–Trinajstić information content (AvgIpc) is 3.22. The topological polar surface area (TPSA) is 61.8 Å². The van der Waals surface area contributed by atoms with Crippen LogP contribution in [0.5, 0.6) is 0 Å². The van der Waals surface area contributed by atoms with Gasteiger partial charge >= 0.3 is 6.09 Å². The molecule has 1 amide bonds. The molecule has 2 aliphatic rings. The Morgan fingerprint density at radius 1 is 1.00 bits per heavy atom. The second-order valence-corrected chi connectivity index (χ2v) is 8.43. The Bertz CT molecular complexity index is 1090. The number of hydrogen-bond donors (Lipinski definition) is 0. The third-order valence-corrected chi connectivity index (χ3v) is 5.88. The lowest BCUT2D eigenvalue weighted by Crippen LogP contribution is -2.44. The number of nitrogens with zero attached hydrogens (tertiary/aromatic N) is 5. The highest BCUT2D eigenvalue weighted by Crippen LogP contribution is 2.34. The number of benzene rings is 2. The minimum absolute atomic E-state index is 0.0321. The van der Waals surface area contributed by atoms with Gasteiger partial charge in [0.15, 0.2) is 0 Å². The summed E-state index contributed by atoms with van der Waals surface area (Å²) in [5.74, 6) is -0.392. The van der Waals surface area contributed by atoms with E-state index in [1.54, 1.807) is 36.7 Å². The van der Waals surface area contributed by atoms with Crippen LogP contribution in [0.25, 0.3) is 0 Å². The summed E-state index contributed by atoms with van der Waals surface area (Å²) in [7, 11) is 2.15. The zero-order valence-corrected chi connectivity index (χ0v) is 19.3. The number of likely N-dealkylation sites (N-methyl/N-ethyl adjacent to an activating group) is 1. The van der Waals surface area contributed by atoms with Crippen LogP contribution in [0.15, 0.2) is 61.1 Å². The molecule has 10 heteroatoms. The molecule has 2 fully saturated rings. The molecule has 0 unspecified atom stereocenters. The Labute approximate surface area is 201 Å². The molecule has 7 nitrogen and oxygen atoms in total. The fourth-order valence-electron chi connectivity index (χ4n) is 3.81. The summed E-state index contributed by atoms with van der Waals surface area (Å²) in [4.78, 5) is 26.2. The van der Waals surface area contributed by atoms with Crippen LogP contribution in [0.3, 0.4) is 0 Å². The van der Waals surface area contributed by atoms with E-state index in [1.807, 2.05) is 6.20 Å². The summed E-state index contributed by atoms with van der Waals surface area (Å²) in [5.41, 5.74) is 0.893. The van der Waals surface area contributed by atoms with Crippen molar-refractivity contribution in [2.75, 3.05) is 49.6 Å². The molecular weight excluding hydrogens is 464 g/mol. The van der Waals surface area contributed by atoms with Crippen LogP contribution in [-0.4, -0.2) is 60.8 Å². The van der Waals surface area contributed by atoms with Crippen molar-refractivity contribution in [3.8, 4) is 0 Å². The molecule has 3 heterocycles. The smallest absolute Gasteiger partial charge is 0.415 e. The highest BCUT2D eigenvalue weighted by Gasteiger charge is 2.35. The molecule has 34 heavy (non-hydrogen) atoms. The largest absolute Gasteiger partial charge is 0.447 e. The van der Waals surface area contributed by atoms with E-state index < -0.39 is 23.8 Å². The third-order valence-electron chi connectivity index (χ3n) is 5.62. The highest BCUT2D eigenvalue weighted by molar-refractivity contribution is 6.30. The van der Waals surface area contributed by atoms with Gasteiger partial charge in [0, 0.05) is 55.3 Å². The van der Waals surface area contributed by atoms with E-state index in [2.05, 4.69) is 26.8 Å². The van der Waals surface area contributed by atoms with Gasteiger partial charge in [0.05, 0.1) is 12.2 Å². The first kappa shape index (κ1) is 23.8. The molecule has 2 aliphatic heterocycles. The Morgan fingerprint density at radius 2 is 1.68 bits per heavy atom. The fraction of sp³-hybridized carbons (Fsp3) is 0.292. The standard InChI is InChI=1S/C15H10ClF2NO2.C9H14N4/c16-10-1-3-13(4-2-10)19-14(8-21-15(19)20)9-5-11(17)7-12(18)6-9;1-12-4-6-13(7-5-12)9-8-10-2-3-11-9/h1-7,14H,8H2;2-3,8H,4-7H2,1H3/t14-;/m1./s1. The Balaban J connectivity index is 0.000000180. The molecule has 0 aliphatic carbocycles. The van der Waals surface area contributed by atoms with Gasteiger partial charge in [-0.25, -0.2) is 18.6 Å². The van der Waals surface area contributed by atoms with Gasteiger partial charge in [-0.05, 0) is 49.0 Å². The van der Waals surface area contributed by atoms with Crippen molar-refractivity contribution in [1.82, 2.24) is 14.9 Å². The number of halogens is 3. The van der Waals surface area contributed by atoms with Crippen molar-refractivity contribution in [1.29, 1.82) is 0 Å². The van der Waals surface area contributed by atoms with E-state index in [1.165, 1.54) is 17.0 Å². The SMILES string of the molecule is CN1CCN(c2cnccn2)CC1.O=C1OC[C@H](c2cc(F)cc(F)c2)N1c1ccc(Cl)cc1. The van der Waals surface area contributed by atoms with Crippen molar-refractivity contribution in [2.45, 2.75) is 6.04 Å². The number of ether oxygens (including phenoxy) is 1. The lowest BCUT2D eigenvalue weighted by molar-refractivity contribution is 0.179. The van der Waals surface area contributed by atoms with Gasteiger partial charge in [-0.15, -0.1) is 0 Å². The molecule has 3 aromatic rings. The number of carbonyl (C=O) groups excluding carboxylic acids is 1. The monoisotopic (exact) mass is 487 g/mol. The molecule has 5 rings (SSSR count). The quantitative estimate of drug-likeness (QED) is 0.540. The zero-order valence-electron chi connectivity index (χ0n) is 18.6. The summed E-state index contributed by atoms with van der Waals surface area (Å²) in [6.07, 6.45) is 4.71. The Morgan fingerprint density at radius 3 is 2.29 bits per heavy atom. The van der Waals surface area contributed by atoms with E-state index in [4.69, 9.17) is 16.3 Å². The number of carbonyl (C=O) groups is 1. The number of hydrogen-bond acceptors (Lipinski definition) is 6. The second kappa shape index (κ2) is 10.8. The molecule has 0 radical (unpaired) electrons. The van der Waals surface area contributed by atoms with Gasteiger partial charge in [-0.3, -0.25) is 9.88 Å². The summed E-state index contributed by atoms with van der Waals surface area (Å²) in [6, 6.07) is 9.15. The normalized spacial score (nSPS) is 18.4. The van der Waals surface area contributed by atoms with E-state index in [0.717, 1.165) is 38.1 Å². The maximum absolute atomic E-state index is 13.4. The van der Waals surface area contributed by atoms with Gasteiger partial charge in [-0.2, -0.15) is 0 Å². The van der Waals surface area contributed by atoms with Gasteiger partial charge in [0.25, 0.3) is 0 Å². The molecule has 0 spiro atoms. The summed E-state index contributed by atoms with van der Waals surface area (Å²) < 4.78 is 31.7. The molecule has 1 atom stereocenters. The lowest BCUT2D eigenvalue weighted by atomic mass is 10.1.